The molecule has 4 aromatic rings. The van der Waals surface area contributed by atoms with Gasteiger partial charge in [0.25, 0.3) is 0 Å². The van der Waals surface area contributed by atoms with Gasteiger partial charge in [0, 0.05) is 6.61 Å². The van der Waals surface area contributed by atoms with Crippen molar-refractivity contribution < 1.29 is 14.3 Å². The monoisotopic (exact) mass is 492 g/mol. The van der Waals surface area contributed by atoms with E-state index in [1.54, 1.807) is 24.1 Å². The summed E-state index contributed by atoms with van der Waals surface area (Å²) in [6.07, 6.45) is 2.23. The van der Waals surface area contributed by atoms with E-state index in [1.165, 1.54) is 11.3 Å². The highest BCUT2D eigenvalue weighted by molar-refractivity contribution is 7.23. The molecule has 5 rings (SSSR count). The van der Waals surface area contributed by atoms with Gasteiger partial charge in [-0.15, -0.1) is 0 Å². The molecule has 1 aromatic heterocycles. The lowest BCUT2D eigenvalue weighted by Crippen LogP contribution is -2.38. The Labute approximate surface area is 207 Å². The number of fused-ring (bicyclic) bond motifs is 1. The van der Waals surface area contributed by atoms with Crippen LogP contribution in [0.15, 0.2) is 66.7 Å². The van der Waals surface area contributed by atoms with Gasteiger partial charge in [-0.3, -0.25) is 9.69 Å². The molecule has 0 spiro atoms. The Morgan fingerprint density at radius 2 is 1.88 bits per heavy atom. The summed E-state index contributed by atoms with van der Waals surface area (Å²) < 4.78 is 12.1. The van der Waals surface area contributed by atoms with Crippen LogP contribution in [0.3, 0.4) is 0 Å². The highest BCUT2D eigenvalue weighted by Crippen LogP contribution is 2.39. The van der Waals surface area contributed by atoms with Gasteiger partial charge in [0.2, 0.25) is 5.91 Å². The standard InChI is InChI=1S/C27H25ClN2O3S/c1-32-23-14-13-22(28)26-25(23)29-27(34-26)30(17-21-8-5-15-33-21)24(31)16-18-9-11-20(12-10-18)19-6-3-2-4-7-19/h2-4,6-7,9-14,21H,5,8,15-17H2,1H3. The van der Waals surface area contributed by atoms with Crippen molar-refractivity contribution in [1.82, 2.24) is 4.98 Å². The molecule has 34 heavy (non-hydrogen) atoms. The van der Waals surface area contributed by atoms with Crippen LogP contribution in [-0.4, -0.2) is 37.3 Å². The van der Waals surface area contributed by atoms with Crippen LogP contribution in [-0.2, 0) is 16.0 Å². The molecule has 1 aliphatic rings. The summed E-state index contributed by atoms with van der Waals surface area (Å²) in [5, 5.41) is 1.21. The van der Waals surface area contributed by atoms with Gasteiger partial charge in [-0.2, -0.15) is 0 Å². The molecule has 0 radical (unpaired) electrons. The zero-order valence-electron chi connectivity index (χ0n) is 18.9. The van der Waals surface area contributed by atoms with Crippen LogP contribution in [0.5, 0.6) is 5.75 Å². The van der Waals surface area contributed by atoms with Crippen molar-refractivity contribution in [2.24, 2.45) is 0 Å². The summed E-state index contributed by atoms with van der Waals surface area (Å²) in [4.78, 5) is 20.1. The fourth-order valence-electron chi connectivity index (χ4n) is 4.22. The molecule has 174 valence electrons. The third-order valence-corrected chi connectivity index (χ3v) is 7.56. The topological polar surface area (TPSA) is 51.7 Å². The molecule has 1 amide bonds. The van der Waals surface area contributed by atoms with Crippen molar-refractivity contribution in [3.05, 3.63) is 77.3 Å². The van der Waals surface area contributed by atoms with Crippen LogP contribution in [0.25, 0.3) is 21.3 Å². The Morgan fingerprint density at radius 3 is 2.59 bits per heavy atom. The summed E-state index contributed by atoms with van der Waals surface area (Å²) in [5.74, 6) is 0.625. The van der Waals surface area contributed by atoms with Crippen molar-refractivity contribution in [3.63, 3.8) is 0 Å². The molecule has 1 unspecified atom stereocenters. The van der Waals surface area contributed by atoms with Gasteiger partial charge in [0.15, 0.2) is 5.13 Å². The molecule has 5 nitrogen and oxygen atoms in total. The molecular formula is C27H25ClN2O3S. The van der Waals surface area contributed by atoms with E-state index in [0.717, 1.165) is 40.8 Å². The summed E-state index contributed by atoms with van der Waals surface area (Å²) >= 11 is 7.85. The lowest BCUT2D eigenvalue weighted by Gasteiger charge is -2.23. The number of halogens is 1. The Balaban J connectivity index is 1.42. The first kappa shape index (κ1) is 22.8. The van der Waals surface area contributed by atoms with E-state index in [-0.39, 0.29) is 18.4 Å². The maximum absolute atomic E-state index is 13.5. The minimum absolute atomic E-state index is 0.00814. The van der Waals surface area contributed by atoms with Crippen molar-refractivity contribution >= 4 is 44.2 Å². The second-order valence-corrected chi connectivity index (χ2v) is 9.69. The summed E-state index contributed by atoms with van der Waals surface area (Å²) in [5.41, 5.74) is 3.91. The normalized spacial score (nSPS) is 15.5. The zero-order valence-corrected chi connectivity index (χ0v) is 20.4. The number of amides is 1. The number of anilines is 1. The van der Waals surface area contributed by atoms with Gasteiger partial charge in [-0.1, -0.05) is 77.5 Å². The average Bonchev–Trinajstić information content (AvgIpc) is 3.54. The molecule has 0 saturated carbocycles. The fourth-order valence-corrected chi connectivity index (χ4v) is 5.50. The quantitative estimate of drug-likeness (QED) is 0.300. The van der Waals surface area contributed by atoms with Gasteiger partial charge in [0.05, 0.1) is 35.9 Å². The van der Waals surface area contributed by atoms with Crippen molar-refractivity contribution in [3.8, 4) is 16.9 Å². The van der Waals surface area contributed by atoms with E-state index in [1.807, 2.05) is 30.3 Å². The zero-order chi connectivity index (χ0) is 23.5. The first-order valence-corrected chi connectivity index (χ1v) is 12.5. The molecule has 2 heterocycles. The van der Waals surface area contributed by atoms with E-state index >= 15 is 0 Å². The van der Waals surface area contributed by atoms with E-state index in [2.05, 4.69) is 24.3 Å². The summed E-state index contributed by atoms with van der Waals surface area (Å²) in [6, 6.07) is 22.0. The molecular weight excluding hydrogens is 468 g/mol. The molecule has 0 N–H and O–H groups in total. The maximum atomic E-state index is 13.5. The number of rotatable bonds is 7. The van der Waals surface area contributed by atoms with Crippen LogP contribution >= 0.6 is 22.9 Å². The van der Waals surface area contributed by atoms with Crippen molar-refractivity contribution in [2.75, 3.05) is 25.2 Å². The number of carbonyl (C=O) groups is 1. The maximum Gasteiger partial charge on any atom is 0.233 e. The number of thiazole rings is 1. The number of methoxy groups -OCH3 is 1. The second kappa shape index (κ2) is 10.1. The molecule has 0 aliphatic carbocycles. The Kier molecular flexibility index (Phi) is 6.81. The first-order chi connectivity index (χ1) is 16.6. The number of carbonyl (C=O) groups excluding carboxylic acids is 1. The van der Waals surface area contributed by atoms with Crippen molar-refractivity contribution in [1.29, 1.82) is 0 Å². The highest BCUT2D eigenvalue weighted by Gasteiger charge is 2.27. The Morgan fingerprint density at radius 1 is 1.12 bits per heavy atom. The van der Waals surface area contributed by atoms with E-state index in [4.69, 9.17) is 26.1 Å². The van der Waals surface area contributed by atoms with Crippen LogP contribution in [0.4, 0.5) is 5.13 Å². The molecule has 1 aliphatic heterocycles. The van der Waals surface area contributed by atoms with Crippen molar-refractivity contribution in [2.45, 2.75) is 25.4 Å². The Bertz CT molecular complexity index is 1280. The second-order valence-electron chi connectivity index (χ2n) is 8.30. The SMILES string of the molecule is COc1ccc(Cl)c2sc(N(CC3CCCO3)C(=O)Cc3ccc(-c4ccccc4)cc3)nc12. The number of nitrogens with zero attached hydrogens (tertiary/aromatic N) is 2. The van der Waals surface area contributed by atoms with E-state index in [0.29, 0.717) is 28.0 Å². The van der Waals surface area contributed by atoms with Crippen LogP contribution in [0.2, 0.25) is 5.02 Å². The van der Waals surface area contributed by atoms with Crippen LogP contribution in [0.1, 0.15) is 18.4 Å². The first-order valence-electron chi connectivity index (χ1n) is 11.3. The van der Waals surface area contributed by atoms with Gasteiger partial charge < -0.3 is 9.47 Å². The fraction of sp³-hybridized carbons (Fsp3) is 0.259. The third-order valence-electron chi connectivity index (χ3n) is 6.03. The van der Waals surface area contributed by atoms with Crippen LogP contribution < -0.4 is 9.64 Å². The molecule has 1 saturated heterocycles. The van der Waals surface area contributed by atoms with E-state index in [9.17, 15) is 4.79 Å². The van der Waals surface area contributed by atoms with Gasteiger partial charge in [-0.25, -0.2) is 4.98 Å². The smallest absolute Gasteiger partial charge is 0.233 e. The predicted molar refractivity (Wildman–Crippen MR) is 138 cm³/mol. The number of hydrogen-bond acceptors (Lipinski definition) is 5. The highest BCUT2D eigenvalue weighted by atomic mass is 35.5. The number of aromatic nitrogens is 1. The minimum Gasteiger partial charge on any atom is -0.494 e. The summed E-state index contributed by atoms with van der Waals surface area (Å²) in [6.45, 7) is 1.20. The Hall–Kier alpha value is -2.93. The van der Waals surface area contributed by atoms with Gasteiger partial charge >= 0.3 is 0 Å². The largest absolute Gasteiger partial charge is 0.494 e. The lowest BCUT2D eigenvalue weighted by atomic mass is 10.0. The third kappa shape index (κ3) is 4.80. The molecule has 1 atom stereocenters. The van der Waals surface area contributed by atoms with E-state index < -0.39 is 0 Å². The molecule has 0 bridgehead atoms. The van der Waals surface area contributed by atoms with Gasteiger partial charge in [0.1, 0.15) is 11.3 Å². The molecule has 7 heteroatoms. The van der Waals surface area contributed by atoms with Crippen LogP contribution in [0, 0.1) is 0 Å². The molecule has 3 aromatic carbocycles. The predicted octanol–water partition coefficient (Wildman–Crippen LogP) is 6.38. The lowest BCUT2D eigenvalue weighted by molar-refractivity contribution is -0.118. The molecule has 1 fully saturated rings. The average molecular weight is 493 g/mol. The summed E-state index contributed by atoms with van der Waals surface area (Å²) in [7, 11) is 1.61. The minimum atomic E-state index is -0.0166. The number of benzene rings is 3. The van der Waals surface area contributed by atoms with Gasteiger partial charge in [-0.05, 0) is 41.7 Å². The number of ether oxygens (including phenoxy) is 2. The number of hydrogen-bond donors (Lipinski definition) is 0.